The van der Waals surface area contributed by atoms with Gasteiger partial charge in [0.15, 0.2) is 0 Å². The van der Waals surface area contributed by atoms with Gasteiger partial charge in [0.25, 0.3) is 0 Å². The van der Waals surface area contributed by atoms with Gasteiger partial charge in [0.1, 0.15) is 25.1 Å². The summed E-state index contributed by atoms with van der Waals surface area (Å²) in [5, 5.41) is 0. The maximum atomic E-state index is 11.8. The van der Waals surface area contributed by atoms with Gasteiger partial charge >= 0.3 is 0 Å². The van der Waals surface area contributed by atoms with Gasteiger partial charge in [0.2, 0.25) is 35.9 Å². The molecule has 0 saturated heterocycles. The van der Waals surface area contributed by atoms with Crippen molar-refractivity contribution in [3.05, 3.63) is 0 Å². The zero-order valence-corrected chi connectivity index (χ0v) is 41.2. The number of hydrogen-bond acceptors (Lipinski definition) is 15. The van der Waals surface area contributed by atoms with Crippen LogP contribution in [0.2, 0.25) is 0 Å². The summed E-state index contributed by atoms with van der Waals surface area (Å²) in [4.78, 5) is 122. The Morgan fingerprint density at radius 3 is 0.967 bits per heavy atom. The van der Waals surface area contributed by atoms with Crippen LogP contribution in [0.15, 0.2) is 0 Å². The van der Waals surface area contributed by atoms with Crippen molar-refractivity contribution in [2.45, 2.75) is 40.7 Å². The second-order valence-electron chi connectivity index (χ2n) is 13.9. The number of carbonyl (C=O) groups is 10. The van der Waals surface area contributed by atoms with Crippen molar-refractivity contribution in [2.75, 3.05) is 164 Å². The van der Waals surface area contributed by atoms with E-state index >= 15 is 0 Å². The van der Waals surface area contributed by atoms with E-state index in [4.69, 9.17) is 0 Å². The third kappa shape index (κ3) is 51.4. The molecule has 0 fully saturated rings. The maximum absolute atomic E-state index is 11.8. The Kier molecular flexibility index (Phi) is 55.7. The van der Waals surface area contributed by atoms with E-state index in [1.807, 2.05) is 106 Å². The SMILES string of the molecule is CC.CC(C)N(C)CC(=O)N(C)CC(=O)N(C)CC=O.CCN(C)C(=O)CN(C)C.CN.CN(C)CC(=O)N(C)CC=O.CN(C)CC=O.CN(C=O)CC(=O)N(C)CC=O. The standard InChI is InChI=1S/C12H23N3O3.C7H12N2O3.C7H14N2O2.C7H16N2O.C4H9NO.C2H6.CH5N/c1-10(2)14(4)8-12(18)15(5)9-11(17)13(3)6-7-16;1-8(6-11)5-7(12)9(2)3-4-10;1-8(2)6-7(11)9(3)4-5-10;1-5-9(4)7(10)6-8(2)3;1-5(2)3-4-6;2*1-2/h7,10H,6,8-9H2,1-5H3;4,6H,3,5H2,1-2H3;5H,4,6H2,1-3H3;5-6H2,1-4H3;4H,3H2,1-2H3;1-2H3;2H2,1H3. The van der Waals surface area contributed by atoms with Crippen molar-refractivity contribution in [2.24, 2.45) is 5.73 Å². The van der Waals surface area contributed by atoms with E-state index in [9.17, 15) is 47.9 Å². The molecule has 0 unspecified atom stereocenters. The van der Waals surface area contributed by atoms with Crippen molar-refractivity contribution in [1.29, 1.82) is 0 Å². The van der Waals surface area contributed by atoms with Crippen molar-refractivity contribution in [3.63, 3.8) is 0 Å². The first-order valence-corrected chi connectivity index (χ1v) is 19.6. The second-order valence-corrected chi connectivity index (χ2v) is 13.9. The molecule has 0 rings (SSSR count). The second kappa shape index (κ2) is 48.0. The topological polar surface area (TPSA) is 229 Å². The van der Waals surface area contributed by atoms with E-state index < -0.39 is 0 Å². The highest BCUT2D eigenvalue weighted by molar-refractivity contribution is 5.86. The van der Waals surface area contributed by atoms with E-state index in [0.717, 1.165) is 12.8 Å². The normalized spacial score (nSPS) is 9.39. The monoisotopic (exact) mass is 880 g/mol. The van der Waals surface area contributed by atoms with Gasteiger partial charge in [-0.1, -0.05) is 13.8 Å². The van der Waals surface area contributed by atoms with Crippen LogP contribution in [0, 0.1) is 0 Å². The van der Waals surface area contributed by atoms with Crippen LogP contribution in [0.4, 0.5) is 0 Å². The molecule has 0 bridgehead atoms. The summed E-state index contributed by atoms with van der Waals surface area (Å²) in [5.74, 6) is -0.476. The molecule has 0 spiro atoms. The molecule has 21 nitrogen and oxygen atoms in total. The first-order valence-electron chi connectivity index (χ1n) is 19.6. The number of nitrogens with zero attached hydrogens (tertiary/aromatic N) is 10. The molecule has 61 heavy (non-hydrogen) atoms. The van der Waals surface area contributed by atoms with Gasteiger partial charge in [-0.3, -0.25) is 33.7 Å². The third-order valence-electron chi connectivity index (χ3n) is 7.19. The largest absolute Gasteiger partial charge is 0.345 e. The van der Waals surface area contributed by atoms with E-state index in [2.05, 4.69) is 5.73 Å². The van der Waals surface area contributed by atoms with Crippen LogP contribution >= 0.6 is 0 Å². The van der Waals surface area contributed by atoms with Gasteiger partial charge < -0.3 is 69.0 Å². The van der Waals surface area contributed by atoms with Crippen LogP contribution < -0.4 is 5.73 Å². The Bertz CT molecular complexity index is 1180. The molecule has 0 aliphatic heterocycles. The van der Waals surface area contributed by atoms with Crippen LogP contribution in [-0.2, 0) is 47.9 Å². The Hall–Kier alpha value is -4.70. The fourth-order valence-electron chi connectivity index (χ4n) is 3.05. The minimum absolute atomic E-state index is 0.00485. The molecule has 0 atom stereocenters. The number of nitrogens with two attached hydrogens (primary N) is 1. The first-order chi connectivity index (χ1) is 28.3. The van der Waals surface area contributed by atoms with Gasteiger partial charge in [-0.25, -0.2) is 0 Å². The fourth-order valence-corrected chi connectivity index (χ4v) is 3.05. The lowest BCUT2D eigenvalue weighted by Crippen LogP contribution is -2.44. The van der Waals surface area contributed by atoms with Crippen LogP contribution in [0.25, 0.3) is 0 Å². The molecular formula is C40H85N11O10. The average Bonchev–Trinajstić information content (AvgIpc) is 3.19. The van der Waals surface area contributed by atoms with Crippen LogP contribution in [-0.4, -0.2) is 280 Å². The molecule has 0 aromatic heterocycles. The molecule has 0 saturated carbocycles. The Morgan fingerprint density at radius 2 is 0.721 bits per heavy atom. The number of aldehydes is 4. The lowest BCUT2D eigenvalue weighted by Gasteiger charge is -2.25. The molecule has 0 heterocycles. The Morgan fingerprint density at radius 1 is 0.426 bits per heavy atom. The van der Waals surface area contributed by atoms with Gasteiger partial charge in [-0.2, -0.15) is 0 Å². The summed E-state index contributed by atoms with van der Waals surface area (Å²) in [6, 6.07) is 0.274. The van der Waals surface area contributed by atoms with Crippen LogP contribution in [0.3, 0.4) is 0 Å². The number of carbonyl (C=O) groups excluding carboxylic acids is 10. The lowest BCUT2D eigenvalue weighted by molar-refractivity contribution is -0.139. The molecule has 21 heteroatoms. The minimum atomic E-state index is -0.253. The highest BCUT2D eigenvalue weighted by atomic mass is 16.2. The molecule has 360 valence electrons. The predicted molar refractivity (Wildman–Crippen MR) is 242 cm³/mol. The summed E-state index contributed by atoms with van der Waals surface area (Å²) in [6.45, 7) is 12.7. The number of likely N-dealkylation sites (N-methyl/N-ethyl adjacent to an activating group) is 10. The van der Waals surface area contributed by atoms with E-state index in [-0.39, 0.29) is 74.8 Å². The maximum Gasteiger partial charge on any atom is 0.242 e. The predicted octanol–water partition coefficient (Wildman–Crippen LogP) is -2.25. The summed E-state index contributed by atoms with van der Waals surface area (Å²) < 4.78 is 0. The Labute approximate surface area is 368 Å². The highest BCUT2D eigenvalue weighted by Crippen LogP contribution is 1.97. The minimum Gasteiger partial charge on any atom is -0.345 e. The molecule has 0 aliphatic rings. The Balaban J connectivity index is -0.000000121. The number of amides is 6. The number of hydrogen-bond donors (Lipinski definition) is 1. The summed E-state index contributed by atoms with van der Waals surface area (Å²) in [7, 11) is 24.0. The third-order valence-corrected chi connectivity index (χ3v) is 7.19. The van der Waals surface area contributed by atoms with E-state index in [1.165, 1.54) is 52.7 Å². The molecule has 0 aromatic rings. The molecular weight excluding hydrogens is 795 g/mol. The van der Waals surface area contributed by atoms with Crippen molar-refractivity contribution in [1.82, 2.24) is 49.0 Å². The highest BCUT2D eigenvalue weighted by Gasteiger charge is 2.18. The molecule has 0 radical (unpaired) electrons. The van der Waals surface area contributed by atoms with Gasteiger partial charge in [0.05, 0.1) is 58.9 Å². The van der Waals surface area contributed by atoms with Crippen LogP contribution in [0.1, 0.15) is 34.6 Å². The smallest absolute Gasteiger partial charge is 0.242 e. The van der Waals surface area contributed by atoms with Crippen LogP contribution in [0.5, 0.6) is 0 Å². The van der Waals surface area contributed by atoms with Crippen molar-refractivity contribution in [3.8, 4) is 0 Å². The zero-order valence-electron chi connectivity index (χ0n) is 41.2. The molecule has 0 aromatic carbocycles. The average molecular weight is 880 g/mol. The van der Waals surface area contributed by atoms with Crippen molar-refractivity contribution >= 4 is 61.1 Å². The van der Waals surface area contributed by atoms with E-state index in [0.29, 0.717) is 44.9 Å². The fraction of sp³-hybridized carbons (Fsp3) is 0.750. The van der Waals surface area contributed by atoms with Crippen molar-refractivity contribution < 1.29 is 47.9 Å². The summed E-state index contributed by atoms with van der Waals surface area (Å²) in [6.07, 6.45) is 3.45. The molecule has 6 amide bonds. The summed E-state index contributed by atoms with van der Waals surface area (Å²) >= 11 is 0. The molecule has 2 N–H and O–H groups in total. The number of rotatable bonds is 21. The molecule has 0 aliphatic carbocycles. The van der Waals surface area contributed by atoms with E-state index in [1.54, 1.807) is 23.9 Å². The van der Waals surface area contributed by atoms with Gasteiger partial charge in [0, 0.05) is 54.9 Å². The van der Waals surface area contributed by atoms with Gasteiger partial charge in [-0.15, -0.1) is 0 Å². The quantitative estimate of drug-likeness (QED) is 0.120. The summed E-state index contributed by atoms with van der Waals surface area (Å²) in [5.41, 5.74) is 4.50. The lowest BCUT2D eigenvalue weighted by atomic mass is 10.3. The van der Waals surface area contributed by atoms with Gasteiger partial charge in [-0.05, 0) is 77.2 Å². The first kappa shape index (κ1) is 70.8. The zero-order chi connectivity index (χ0) is 49.8.